The van der Waals surface area contributed by atoms with E-state index in [0.717, 1.165) is 139 Å². The molecule has 4 heterocycles. The Bertz CT molecular complexity index is 2970. The molecule has 26 heteroatoms. The summed E-state index contributed by atoms with van der Waals surface area (Å²) in [6.07, 6.45) is 21.0. The Balaban J connectivity index is -0.0000000920. The number of nitrogens with zero attached hydrogens (tertiary/aromatic N) is 7. The molecule has 0 aromatic carbocycles. The summed E-state index contributed by atoms with van der Waals surface area (Å²) in [5, 5.41) is 32.2. The number of sulfone groups is 2. The number of aliphatic hydroxyl groups is 1. The molecular formula is C89H194N8O15S3. The van der Waals surface area contributed by atoms with Crippen LogP contribution in [0.2, 0.25) is 0 Å². The van der Waals surface area contributed by atoms with Crippen LogP contribution in [-0.2, 0) is 68.0 Å². The van der Waals surface area contributed by atoms with Crippen LogP contribution in [0.15, 0.2) is 38.1 Å². The zero-order valence-corrected chi connectivity index (χ0v) is 76.4. The number of allylic oxidation sites excluding steroid dienone is 1. The van der Waals surface area contributed by atoms with E-state index < -0.39 is 29.7 Å². The molecule has 1 fully saturated rings. The first-order chi connectivity index (χ1) is 47.9. The van der Waals surface area contributed by atoms with Crippen LogP contribution in [0.25, 0.3) is 0 Å². The van der Waals surface area contributed by atoms with Crippen LogP contribution < -0.4 is 5.14 Å². The van der Waals surface area contributed by atoms with Gasteiger partial charge >= 0.3 is 11.9 Å². The Hall–Kier alpha value is -4.08. The lowest BCUT2D eigenvalue weighted by Gasteiger charge is -2.34. The van der Waals surface area contributed by atoms with Crippen molar-refractivity contribution in [2.24, 2.45) is 79.6 Å². The van der Waals surface area contributed by atoms with Crippen molar-refractivity contribution >= 4 is 70.5 Å². The highest BCUT2D eigenvalue weighted by molar-refractivity contribution is 7.91. The summed E-state index contributed by atoms with van der Waals surface area (Å²) in [6.45, 7) is 66.7. The number of ketones is 1. The molecule has 0 radical (unpaired) electrons. The number of likely N-dealkylation sites (N-methyl/N-ethyl adjacent to an activating group) is 1. The van der Waals surface area contributed by atoms with Crippen LogP contribution in [0, 0.1) is 48.7 Å². The topological polar surface area (TPSA) is 322 Å². The van der Waals surface area contributed by atoms with Gasteiger partial charge in [-0.15, -0.1) is 5.10 Å². The third kappa shape index (κ3) is 121. The number of amides is 1. The number of primary sulfonamides is 1. The van der Waals surface area contributed by atoms with E-state index in [2.05, 4.69) is 199 Å². The molecule has 23 nitrogen and oxygen atoms in total. The molecule has 0 unspecified atom stereocenters. The van der Waals surface area contributed by atoms with E-state index in [0.29, 0.717) is 96.6 Å². The number of esters is 1. The van der Waals surface area contributed by atoms with E-state index in [4.69, 9.17) is 19.8 Å². The van der Waals surface area contributed by atoms with Gasteiger partial charge in [0, 0.05) is 82.5 Å². The number of rotatable bonds is 26. The minimum atomic E-state index is -3.26. The molecule has 1 amide bonds. The van der Waals surface area contributed by atoms with Crippen LogP contribution in [-0.4, -0.2) is 177 Å². The summed E-state index contributed by atoms with van der Waals surface area (Å²) in [4.78, 5) is 58.2. The summed E-state index contributed by atoms with van der Waals surface area (Å²) in [6, 6.07) is 0. The predicted octanol–water partition coefficient (Wildman–Crippen LogP) is 23.1. The number of methoxy groups -OCH3 is 1. The summed E-state index contributed by atoms with van der Waals surface area (Å²) < 4.78 is 73.4. The van der Waals surface area contributed by atoms with Crippen molar-refractivity contribution in [1.29, 1.82) is 0 Å². The number of carbonyl (C=O) groups is 4. The smallest absolute Gasteiger partial charge is 0.340 e. The van der Waals surface area contributed by atoms with Crippen molar-refractivity contribution < 1.29 is 68.7 Å². The van der Waals surface area contributed by atoms with Crippen LogP contribution in [0.4, 0.5) is 0 Å². The van der Waals surface area contributed by atoms with E-state index >= 15 is 0 Å². The highest BCUT2D eigenvalue weighted by atomic mass is 32.2. The Morgan fingerprint density at radius 3 is 1.19 bits per heavy atom. The number of nitrogens with two attached hydrogens (primary N) is 1. The Labute approximate surface area is 714 Å². The molecule has 4 rings (SSSR count). The number of Topliss-reactive ketones (excluding diaryl/α,β-unsaturated/α-hetero) is 1. The highest BCUT2D eigenvalue weighted by Gasteiger charge is 2.25. The molecule has 0 aromatic rings. The fourth-order valence-corrected chi connectivity index (χ4v) is 11.5. The highest BCUT2D eigenvalue weighted by Crippen LogP contribution is 2.28. The van der Waals surface area contributed by atoms with Crippen molar-refractivity contribution in [2.75, 3.05) is 96.5 Å². The van der Waals surface area contributed by atoms with Crippen LogP contribution in [0.3, 0.4) is 0 Å². The first kappa shape index (κ1) is 140. The second kappa shape index (κ2) is 67.6. The third-order valence-electron chi connectivity index (χ3n) is 15.2. The quantitative estimate of drug-likeness (QED) is 0.0462. The largest absolute Gasteiger partial charge is 0.469 e. The molecule has 698 valence electrons. The molecule has 0 aliphatic carbocycles. The normalized spacial score (nSPS) is 14.1. The lowest BCUT2D eigenvalue weighted by atomic mass is 9.89. The average Bonchev–Trinajstić information content (AvgIpc) is 1.72. The summed E-state index contributed by atoms with van der Waals surface area (Å²) in [7, 11) is -5.23. The first-order valence-corrected chi connectivity index (χ1v) is 44.5. The lowest BCUT2D eigenvalue weighted by molar-refractivity contribution is -0.143. The number of piperazine rings is 1. The Kier molecular flexibility index (Phi) is 82.1. The second-order valence-electron chi connectivity index (χ2n) is 39.8. The lowest BCUT2D eigenvalue weighted by Crippen LogP contribution is -2.47. The third-order valence-corrected chi connectivity index (χ3v) is 18.0. The molecule has 115 heavy (non-hydrogen) atoms. The van der Waals surface area contributed by atoms with Crippen LogP contribution in [0.1, 0.15) is 381 Å². The van der Waals surface area contributed by atoms with Gasteiger partial charge < -0.3 is 34.1 Å². The van der Waals surface area contributed by atoms with E-state index in [9.17, 15) is 44.4 Å². The maximum atomic E-state index is 11.8. The number of sulfonamides is 1. The van der Waals surface area contributed by atoms with Gasteiger partial charge in [0.1, 0.15) is 37.8 Å². The molecule has 0 aromatic heterocycles. The first-order valence-electron chi connectivity index (χ1n) is 38.6. The van der Waals surface area contributed by atoms with Gasteiger partial charge in [-0.1, -0.05) is 270 Å². The summed E-state index contributed by atoms with van der Waals surface area (Å²) in [5.41, 5.74) is 5.23. The number of hydrogen-bond acceptors (Lipinski definition) is 21. The second-order valence-corrected chi connectivity index (χ2v) is 46.0. The van der Waals surface area contributed by atoms with Crippen molar-refractivity contribution in [1.82, 2.24) is 9.80 Å². The Morgan fingerprint density at radius 2 is 0.870 bits per heavy atom. The van der Waals surface area contributed by atoms with E-state index in [1.54, 1.807) is 0 Å². The number of hydrogen-bond donors (Lipinski definition) is 2. The number of carbonyl (C=O) groups excluding carboxylic acids is 4. The predicted molar refractivity (Wildman–Crippen MR) is 501 cm³/mol. The molecule has 3 N–H and O–H groups in total. The van der Waals surface area contributed by atoms with Crippen molar-refractivity contribution in [3.63, 3.8) is 0 Å². The molecule has 0 atom stereocenters. The fourth-order valence-electron chi connectivity index (χ4n) is 9.25. The van der Waals surface area contributed by atoms with Gasteiger partial charge in [0.2, 0.25) is 15.9 Å². The van der Waals surface area contributed by atoms with Gasteiger partial charge in [0.05, 0.1) is 56.1 Å². The molecule has 4 aliphatic rings. The van der Waals surface area contributed by atoms with E-state index in [1.807, 2.05) is 46.4 Å². The average molecular weight is 1710 g/mol. The van der Waals surface area contributed by atoms with Gasteiger partial charge in [-0.3, -0.25) is 14.4 Å². The van der Waals surface area contributed by atoms with E-state index in [-0.39, 0.29) is 111 Å². The molecule has 1 saturated heterocycles. The molecule has 4 aliphatic heterocycles. The van der Waals surface area contributed by atoms with Crippen molar-refractivity contribution in [3.05, 3.63) is 12.3 Å². The van der Waals surface area contributed by atoms with Crippen LogP contribution >= 0.6 is 0 Å². The number of unbranched alkanes of at least 4 members (excludes halogenated alkanes) is 1. The minimum absolute atomic E-state index is 0. The van der Waals surface area contributed by atoms with Crippen molar-refractivity contribution in [2.45, 2.75) is 381 Å². The number of ether oxygens (including phenoxy) is 2. The fraction of sp³-hybridized carbons (Fsp3) is 0.899. The van der Waals surface area contributed by atoms with Crippen molar-refractivity contribution in [3.8, 4) is 0 Å². The number of oxime groups is 2. The maximum Gasteiger partial charge on any atom is 0.340 e. The van der Waals surface area contributed by atoms with Gasteiger partial charge in [0.15, 0.2) is 0 Å². The molecule has 0 spiro atoms. The molecule has 0 bridgehead atoms. The van der Waals surface area contributed by atoms with Gasteiger partial charge in [-0.25, -0.2) is 35.2 Å². The minimum Gasteiger partial charge on any atom is -0.469 e. The van der Waals surface area contributed by atoms with Gasteiger partial charge in [0.25, 0.3) is 0 Å². The number of aliphatic hydroxyl groups excluding tert-OH is 1. The van der Waals surface area contributed by atoms with Gasteiger partial charge in [-0.2, -0.15) is 5.11 Å². The zero-order valence-electron chi connectivity index (χ0n) is 73.9. The molecular weight excluding hydrogens is 1520 g/mol. The molecule has 0 saturated carbocycles. The SMILES string of the molecule is C.C.C.C.C.C.C.C.C=C1CC(CCC(C)(C)C)=NO1.CC(C)(C)CC(=O)CCCOCCO.CC(C)(C)CCCC1=NN=NC1.CC(C)(C)CCCC1=NOC(=O)C1.CC(C)(C)CCCCS(C)(=O)=O.CC(C)(C)CCCS(C)(=O)=O.CC(C)(C)CCS(N)(=O)=O.CN1CCN(C(=O)CC(C)(C)C)CC1.COC(=O)CC(C)(C)C. The standard InChI is InChI=1S/C11H22N2O.C11H22O3.C10H17NO2.C10H17NO.C9H17N3.C9H20O2S.C8H18O2S.C7H14O2.C6H15NO2S.8CH4/c1-11(2,3)9-10(14)13-7-5-12(4)6-8-13;1-11(2,3)9-10(13)5-4-7-14-8-6-12;1-10(2,3)6-4-5-8-7-9(12)13-11-8;1-8-7-9(11-12-8)5-6-10(2,3)4;1-9(2,3)6-4-5-8-7-10-12-11-8;1-9(2,3)7-5-6-8-12(4,10)11;1-8(2,3)6-5-7-11(4,9)10;1-7(2,3)5-6(8)9-4;1-6(2,3)4-5-10(7,8)9;;;;;;;;/h5-9H2,1-4H3;12H,4-9H2,1-3H3;4-7H2,1-3H3;1,5-7H2,2-4H3;4-7H2,1-3H3;5-8H2,1-4H3;5-7H2,1-4H3;5H2,1-4H3;4-5H2,1-3H3,(H2,7,8,9);8*1H4. The Morgan fingerprint density at radius 1 is 0.478 bits per heavy atom. The van der Waals surface area contributed by atoms with E-state index in [1.165, 1.54) is 32.5 Å². The maximum absolute atomic E-state index is 11.8. The van der Waals surface area contributed by atoms with Gasteiger partial charge in [-0.05, 0) is 151 Å². The summed E-state index contributed by atoms with van der Waals surface area (Å²) >= 11 is 0. The zero-order chi connectivity index (χ0) is 84.8. The monoisotopic (exact) mass is 1710 g/mol. The summed E-state index contributed by atoms with van der Waals surface area (Å²) in [5.74, 6) is 1.77. The van der Waals surface area contributed by atoms with Crippen LogP contribution in [0.5, 0.6) is 0 Å².